The molecule has 1 atom stereocenters. The van der Waals surface area contributed by atoms with E-state index in [4.69, 9.17) is 16.0 Å². The van der Waals surface area contributed by atoms with Gasteiger partial charge in [0, 0.05) is 22.5 Å². The number of fused-ring (bicyclic) bond motifs is 1. The van der Waals surface area contributed by atoms with E-state index in [-0.39, 0.29) is 0 Å². The summed E-state index contributed by atoms with van der Waals surface area (Å²) in [7, 11) is 2.17. The molecule has 1 aliphatic rings. The van der Waals surface area contributed by atoms with Crippen LogP contribution in [0.5, 0.6) is 0 Å². The molecule has 2 heterocycles. The van der Waals surface area contributed by atoms with Crippen LogP contribution < -0.4 is 5.32 Å². The molecule has 1 N–H and O–H groups in total. The van der Waals surface area contributed by atoms with Crippen LogP contribution in [0.4, 0.5) is 0 Å². The molecule has 1 unspecified atom stereocenters. The second kappa shape index (κ2) is 4.92. The lowest BCUT2D eigenvalue weighted by atomic mass is 10.0. The lowest BCUT2D eigenvalue weighted by Gasteiger charge is -2.24. The lowest BCUT2D eigenvalue weighted by Crippen LogP contribution is -2.29. The summed E-state index contributed by atoms with van der Waals surface area (Å²) in [4.78, 5) is 2.39. The first kappa shape index (κ1) is 12.0. The fourth-order valence-corrected chi connectivity index (χ4v) is 2.79. The van der Waals surface area contributed by atoms with E-state index < -0.39 is 0 Å². The van der Waals surface area contributed by atoms with Gasteiger partial charge in [-0.3, -0.25) is 4.90 Å². The van der Waals surface area contributed by atoms with Crippen LogP contribution in [0, 0.1) is 0 Å². The van der Waals surface area contributed by atoms with Crippen molar-refractivity contribution in [3.8, 4) is 0 Å². The van der Waals surface area contributed by atoms with Gasteiger partial charge in [-0.2, -0.15) is 0 Å². The Labute approximate surface area is 112 Å². The zero-order valence-electron chi connectivity index (χ0n) is 10.4. The van der Waals surface area contributed by atoms with E-state index in [1.165, 1.54) is 17.4 Å². The Hall–Kier alpha value is -1.03. The quantitative estimate of drug-likeness (QED) is 0.858. The molecular formula is C14H17ClN2O. The minimum absolute atomic E-state index is 0.370. The van der Waals surface area contributed by atoms with Crippen molar-refractivity contribution < 1.29 is 4.42 Å². The minimum atomic E-state index is 0.370. The van der Waals surface area contributed by atoms with Crippen LogP contribution in [-0.4, -0.2) is 31.6 Å². The second-order valence-electron chi connectivity index (χ2n) is 4.89. The highest BCUT2D eigenvalue weighted by Gasteiger charge is 2.22. The number of hydrogen-bond acceptors (Lipinski definition) is 3. The lowest BCUT2D eigenvalue weighted by molar-refractivity contribution is 0.261. The van der Waals surface area contributed by atoms with Gasteiger partial charge < -0.3 is 9.73 Å². The van der Waals surface area contributed by atoms with Crippen molar-refractivity contribution in [1.29, 1.82) is 0 Å². The number of benzene rings is 1. The van der Waals surface area contributed by atoms with Crippen LogP contribution in [0.1, 0.15) is 18.0 Å². The minimum Gasteiger partial charge on any atom is -0.464 e. The monoisotopic (exact) mass is 264 g/mol. The Morgan fingerprint density at radius 1 is 1.44 bits per heavy atom. The summed E-state index contributed by atoms with van der Waals surface area (Å²) in [5, 5.41) is 5.37. The summed E-state index contributed by atoms with van der Waals surface area (Å²) in [5.74, 6) is 0. The predicted molar refractivity (Wildman–Crippen MR) is 74.1 cm³/mol. The molecule has 0 radical (unpaired) electrons. The molecule has 3 nitrogen and oxygen atoms in total. The van der Waals surface area contributed by atoms with Crippen molar-refractivity contribution in [2.45, 2.75) is 12.5 Å². The molecule has 4 heteroatoms. The van der Waals surface area contributed by atoms with E-state index in [1.54, 1.807) is 0 Å². The maximum atomic E-state index is 5.99. The SMILES string of the molecule is CN1CCCNCC1c1coc2cc(Cl)ccc12. The van der Waals surface area contributed by atoms with E-state index in [9.17, 15) is 0 Å². The van der Waals surface area contributed by atoms with Gasteiger partial charge in [0.2, 0.25) is 0 Å². The predicted octanol–water partition coefficient (Wildman–Crippen LogP) is 3.05. The highest BCUT2D eigenvalue weighted by molar-refractivity contribution is 6.31. The molecule has 18 heavy (non-hydrogen) atoms. The Morgan fingerprint density at radius 2 is 2.33 bits per heavy atom. The van der Waals surface area contributed by atoms with Gasteiger partial charge >= 0.3 is 0 Å². The van der Waals surface area contributed by atoms with Gasteiger partial charge in [0.05, 0.1) is 12.3 Å². The summed E-state index contributed by atoms with van der Waals surface area (Å²) in [6.07, 6.45) is 3.06. The van der Waals surface area contributed by atoms with E-state index >= 15 is 0 Å². The molecular weight excluding hydrogens is 248 g/mol. The Balaban J connectivity index is 2.02. The highest BCUT2D eigenvalue weighted by Crippen LogP contribution is 2.31. The molecule has 1 aliphatic heterocycles. The summed E-state index contributed by atoms with van der Waals surface area (Å²) >= 11 is 5.99. The van der Waals surface area contributed by atoms with Crippen LogP contribution in [0.2, 0.25) is 5.02 Å². The molecule has 0 saturated carbocycles. The van der Waals surface area contributed by atoms with Crippen molar-refractivity contribution in [1.82, 2.24) is 10.2 Å². The van der Waals surface area contributed by atoms with Crippen molar-refractivity contribution in [3.63, 3.8) is 0 Å². The fraction of sp³-hybridized carbons (Fsp3) is 0.429. The average molecular weight is 265 g/mol. The molecule has 96 valence electrons. The topological polar surface area (TPSA) is 28.4 Å². The van der Waals surface area contributed by atoms with Gasteiger partial charge in [-0.15, -0.1) is 0 Å². The van der Waals surface area contributed by atoms with Crippen LogP contribution in [0.25, 0.3) is 11.0 Å². The molecule has 2 aromatic rings. The first-order valence-electron chi connectivity index (χ1n) is 6.33. The summed E-state index contributed by atoms with van der Waals surface area (Å²) in [6.45, 7) is 3.16. The maximum absolute atomic E-state index is 5.99. The van der Waals surface area contributed by atoms with Gasteiger partial charge in [-0.25, -0.2) is 0 Å². The number of furan rings is 1. The molecule has 0 aliphatic carbocycles. The number of likely N-dealkylation sites (N-methyl/N-ethyl adjacent to an activating group) is 1. The molecule has 0 bridgehead atoms. The van der Waals surface area contributed by atoms with Crippen LogP contribution in [-0.2, 0) is 0 Å². The van der Waals surface area contributed by atoms with Crippen molar-refractivity contribution >= 4 is 22.6 Å². The van der Waals surface area contributed by atoms with E-state index in [1.807, 2.05) is 18.4 Å². The first-order valence-corrected chi connectivity index (χ1v) is 6.71. The van der Waals surface area contributed by atoms with Gasteiger partial charge in [0.15, 0.2) is 0 Å². The molecule has 1 aromatic heterocycles. The van der Waals surface area contributed by atoms with E-state index in [2.05, 4.69) is 23.3 Å². The fourth-order valence-electron chi connectivity index (χ4n) is 2.63. The number of halogens is 1. The Kier molecular flexibility index (Phi) is 3.29. The number of hydrogen-bond donors (Lipinski definition) is 1. The Morgan fingerprint density at radius 3 is 3.22 bits per heavy atom. The zero-order chi connectivity index (χ0) is 12.5. The van der Waals surface area contributed by atoms with Crippen molar-refractivity contribution in [2.75, 3.05) is 26.7 Å². The normalized spacial score (nSPS) is 22.2. The second-order valence-corrected chi connectivity index (χ2v) is 5.32. The Bertz CT molecular complexity index is 552. The van der Waals surface area contributed by atoms with Gasteiger partial charge in [-0.1, -0.05) is 11.6 Å². The third-order valence-corrected chi connectivity index (χ3v) is 3.90. The number of nitrogens with one attached hydrogen (secondary N) is 1. The van der Waals surface area contributed by atoms with Crippen LogP contribution in [0.15, 0.2) is 28.9 Å². The van der Waals surface area contributed by atoms with Gasteiger partial charge in [0.25, 0.3) is 0 Å². The highest BCUT2D eigenvalue weighted by atomic mass is 35.5. The summed E-state index contributed by atoms with van der Waals surface area (Å²) < 4.78 is 5.63. The zero-order valence-corrected chi connectivity index (χ0v) is 11.2. The van der Waals surface area contributed by atoms with E-state index in [0.717, 1.165) is 30.2 Å². The molecule has 0 amide bonds. The third-order valence-electron chi connectivity index (χ3n) is 3.66. The maximum Gasteiger partial charge on any atom is 0.135 e. The molecule has 1 saturated heterocycles. The van der Waals surface area contributed by atoms with Crippen LogP contribution >= 0.6 is 11.6 Å². The van der Waals surface area contributed by atoms with E-state index in [0.29, 0.717) is 6.04 Å². The average Bonchev–Trinajstić information content (AvgIpc) is 2.64. The van der Waals surface area contributed by atoms with Gasteiger partial charge in [-0.05, 0) is 44.8 Å². The molecule has 1 fully saturated rings. The largest absolute Gasteiger partial charge is 0.464 e. The first-order chi connectivity index (χ1) is 8.75. The smallest absolute Gasteiger partial charge is 0.135 e. The van der Waals surface area contributed by atoms with Crippen LogP contribution in [0.3, 0.4) is 0 Å². The number of nitrogens with zero attached hydrogens (tertiary/aromatic N) is 1. The number of rotatable bonds is 1. The van der Waals surface area contributed by atoms with Crippen molar-refractivity contribution in [3.05, 3.63) is 35.0 Å². The van der Waals surface area contributed by atoms with Gasteiger partial charge in [0.1, 0.15) is 5.58 Å². The summed E-state index contributed by atoms with van der Waals surface area (Å²) in [6, 6.07) is 6.22. The molecule has 1 aromatic carbocycles. The molecule has 3 rings (SSSR count). The standard InChI is InChI=1S/C14H17ClN2O/c1-17-6-2-5-16-8-13(17)12-9-18-14-7-10(15)3-4-11(12)14/h3-4,7,9,13,16H,2,5-6,8H2,1H3. The summed E-state index contributed by atoms with van der Waals surface area (Å²) in [5.41, 5.74) is 2.12. The molecule has 0 spiro atoms. The van der Waals surface area contributed by atoms with Crippen molar-refractivity contribution in [2.24, 2.45) is 0 Å². The third kappa shape index (κ3) is 2.14.